The maximum absolute atomic E-state index is 12.0. The first-order valence-corrected chi connectivity index (χ1v) is 9.90. The number of hydrazine groups is 1. The van der Waals surface area contributed by atoms with Crippen LogP contribution < -0.4 is 26.2 Å². The number of benzene rings is 2. The Morgan fingerprint density at radius 2 is 1.77 bits per heavy atom. The van der Waals surface area contributed by atoms with Gasteiger partial charge < -0.3 is 15.4 Å². The van der Waals surface area contributed by atoms with Crippen molar-refractivity contribution in [2.24, 2.45) is 0 Å². The monoisotopic (exact) mass is 452 g/mol. The van der Waals surface area contributed by atoms with Crippen LogP contribution in [0.4, 0.5) is 10.5 Å². The molecule has 0 aliphatic rings. The third-order valence-corrected chi connectivity index (χ3v) is 4.33. The largest absolute Gasteiger partial charge is 0.492 e. The smallest absolute Gasteiger partial charge is 0.319 e. The molecule has 0 aliphatic carbocycles. The Kier molecular flexibility index (Phi) is 9.24. The van der Waals surface area contributed by atoms with Crippen molar-refractivity contribution in [2.45, 2.75) is 25.8 Å². The molecule has 2 rings (SSSR count). The van der Waals surface area contributed by atoms with E-state index in [0.717, 1.165) is 0 Å². The van der Waals surface area contributed by atoms with Crippen molar-refractivity contribution in [1.29, 1.82) is 0 Å². The molecular weight excluding hydrogens is 431 g/mol. The number of anilines is 1. The summed E-state index contributed by atoms with van der Waals surface area (Å²) in [5.41, 5.74) is 5.16. The molecule has 2 aromatic carbocycles. The number of amides is 4. The summed E-state index contributed by atoms with van der Waals surface area (Å²) in [5, 5.41) is 5.97. The van der Waals surface area contributed by atoms with Gasteiger partial charge in [0.2, 0.25) is 5.91 Å². The molecule has 0 saturated carbocycles. The van der Waals surface area contributed by atoms with Crippen molar-refractivity contribution in [3.8, 4) is 5.75 Å². The molecule has 0 heterocycles. The zero-order valence-electron chi connectivity index (χ0n) is 16.2. The van der Waals surface area contributed by atoms with Gasteiger partial charge in [-0.15, -0.1) is 0 Å². The highest BCUT2D eigenvalue weighted by Crippen LogP contribution is 2.27. The Morgan fingerprint density at radius 1 is 1.03 bits per heavy atom. The van der Waals surface area contributed by atoms with Crippen LogP contribution in [0.1, 0.15) is 19.8 Å². The summed E-state index contributed by atoms with van der Waals surface area (Å²) in [7, 11) is 0. The minimum atomic E-state index is -0.857. The Bertz CT molecular complexity index is 880. The molecule has 160 valence electrons. The van der Waals surface area contributed by atoms with Gasteiger partial charge in [0.15, 0.2) is 0 Å². The third kappa shape index (κ3) is 8.18. The molecule has 0 aromatic heterocycles. The molecule has 0 saturated heterocycles. The molecule has 0 aliphatic heterocycles. The summed E-state index contributed by atoms with van der Waals surface area (Å²) in [5.74, 6) is -0.477. The van der Waals surface area contributed by atoms with Crippen LogP contribution in [0.3, 0.4) is 0 Å². The molecule has 8 nitrogen and oxygen atoms in total. The molecule has 0 fully saturated rings. The molecule has 0 radical (unpaired) electrons. The van der Waals surface area contributed by atoms with Crippen LogP contribution in [0.15, 0.2) is 48.5 Å². The van der Waals surface area contributed by atoms with Gasteiger partial charge in [0.25, 0.3) is 5.91 Å². The molecule has 2 aromatic rings. The van der Waals surface area contributed by atoms with E-state index in [-0.39, 0.29) is 13.0 Å². The fourth-order valence-electron chi connectivity index (χ4n) is 2.26. The lowest BCUT2D eigenvalue weighted by atomic mass is 10.3. The van der Waals surface area contributed by atoms with Gasteiger partial charge in [0.1, 0.15) is 11.8 Å². The summed E-state index contributed by atoms with van der Waals surface area (Å²) < 4.78 is 5.49. The first kappa shape index (κ1) is 23.3. The fraction of sp³-hybridized carbons (Fsp3) is 0.250. The Hall–Kier alpha value is -2.97. The van der Waals surface area contributed by atoms with E-state index in [1.165, 1.54) is 6.92 Å². The number of hydrogen-bond donors (Lipinski definition) is 4. The maximum atomic E-state index is 12.0. The highest BCUT2D eigenvalue weighted by Gasteiger charge is 2.16. The van der Waals surface area contributed by atoms with Gasteiger partial charge in [0, 0.05) is 17.1 Å². The van der Waals surface area contributed by atoms with Crippen LogP contribution in [0.5, 0.6) is 5.75 Å². The van der Waals surface area contributed by atoms with Crippen LogP contribution in [0.25, 0.3) is 0 Å². The lowest BCUT2D eigenvalue weighted by Gasteiger charge is -2.15. The van der Waals surface area contributed by atoms with Gasteiger partial charge in [-0.05, 0) is 43.7 Å². The molecule has 0 unspecified atom stereocenters. The standard InChI is InChI=1S/C20H22Cl2N4O4/c1-13(23-20(29)24-15-6-3-2-4-7-15)19(28)26-25-18(27)8-5-11-30-17-10-9-14(21)12-16(17)22/h2-4,6-7,9-10,12-13H,5,8,11H2,1H3,(H,25,27)(H,26,28)(H2,23,24,29)/t13-/m0/s1. The second kappa shape index (κ2) is 11.9. The van der Waals surface area contributed by atoms with E-state index in [1.54, 1.807) is 42.5 Å². The highest BCUT2D eigenvalue weighted by atomic mass is 35.5. The zero-order valence-corrected chi connectivity index (χ0v) is 17.7. The number of hydrogen-bond acceptors (Lipinski definition) is 4. The van der Waals surface area contributed by atoms with Gasteiger partial charge in [-0.25, -0.2) is 4.79 Å². The topological polar surface area (TPSA) is 109 Å². The lowest BCUT2D eigenvalue weighted by molar-refractivity contribution is -0.129. The molecule has 0 spiro atoms. The van der Waals surface area contributed by atoms with Crippen LogP contribution in [-0.2, 0) is 9.59 Å². The molecule has 0 bridgehead atoms. The van der Waals surface area contributed by atoms with E-state index < -0.39 is 23.9 Å². The van der Waals surface area contributed by atoms with E-state index in [9.17, 15) is 14.4 Å². The highest BCUT2D eigenvalue weighted by molar-refractivity contribution is 6.35. The van der Waals surface area contributed by atoms with Crippen molar-refractivity contribution in [2.75, 3.05) is 11.9 Å². The average Bonchev–Trinajstić information content (AvgIpc) is 2.71. The predicted molar refractivity (Wildman–Crippen MR) is 116 cm³/mol. The van der Waals surface area contributed by atoms with Crippen molar-refractivity contribution in [1.82, 2.24) is 16.2 Å². The number of ether oxygens (including phenoxy) is 1. The SMILES string of the molecule is C[C@H](NC(=O)Nc1ccccc1)C(=O)NNC(=O)CCCOc1ccc(Cl)cc1Cl. The molecule has 4 amide bonds. The fourth-order valence-corrected chi connectivity index (χ4v) is 2.72. The Labute approximate surface area is 184 Å². The summed E-state index contributed by atoms with van der Waals surface area (Å²) in [6.45, 7) is 1.76. The van der Waals surface area contributed by atoms with E-state index in [0.29, 0.717) is 27.9 Å². The number of carbonyl (C=O) groups excluding carboxylic acids is 3. The van der Waals surface area contributed by atoms with Gasteiger partial charge >= 0.3 is 6.03 Å². The molecule has 10 heteroatoms. The summed E-state index contributed by atoms with van der Waals surface area (Å²) >= 11 is 11.8. The van der Waals surface area contributed by atoms with E-state index in [2.05, 4.69) is 21.5 Å². The van der Waals surface area contributed by atoms with Crippen LogP contribution in [0.2, 0.25) is 10.0 Å². The van der Waals surface area contributed by atoms with Crippen LogP contribution in [-0.4, -0.2) is 30.5 Å². The Morgan fingerprint density at radius 3 is 2.47 bits per heavy atom. The molecule has 1 atom stereocenters. The minimum Gasteiger partial charge on any atom is -0.492 e. The minimum absolute atomic E-state index is 0.127. The average molecular weight is 453 g/mol. The van der Waals surface area contributed by atoms with Gasteiger partial charge in [-0.2, -0.15) is 0 Å². The Balaban J connectivity index is 1.62. The number of urea groups is 1. The first-order chi connectivity index (χ1) is 14.3. The summed E-state index contributed by atoms with van der Waals surface area (Å²) in [6, 6.07) is 12.3. The zero-order chi connectivity index (χ0) is 21.9. The molecular formula is C20H22Cl2N4O4. The second-order valence-electron chi connectivity index (χ2n) is 6.25. The summed E-state index contributed by atoms with van der Waals surface area (Å²) in [6.07, 6.45) is 0.537. The van der Waals surface area contributed by atoms with Crippen molar-refractivity contribution in [3.05, 3.63) is 58.6 Å². The van der Waals surface area contributed by atoms with Crippen LogP contribution in [0, 0.1) is 0 Å². The van der Waals surface area contributed by atoms with Gasteiger partial charge in [-0.1, -0.05) is 41.4 Å². The van der Waals surface area contributed by atoms with Gasteiger partial charge in [0.05, 0.1) is 11.6 Å². The van der Waals surface area contributed by atoms with Crippen molar-refractivity contribution < 1.29 is 19.1 Å². The second-order valence-corrected chi connectivity index (χ2v) is 7.09. The summed E-state index contributed by atoms with van der Waals surface area (Å²) in [4.78, 5) is 35.7. The number of rotatable bonds is 8. The quantitative estimate of drug-likeness (QED) is 0.362. The van der Waals surface area contributed by atoms with E-state index in [4.69, 9.17) is 27.9 Å². The van der Waals surface area contributed by atoms with E-state index >= 15 is 0 Å². The van der Waals surface area contributed by atoms with E-state index in [1.807, 2.05) is 6.07 Å². The van der Waals surface area contributed by atoms with Crippen LogP contribution >= 0.6 is 23.2 Å². The third-order valence-electron chi connectivity index (χ3n) is 3.80. The molecule has 4 N–H and O–H groups in total. The lowest BCUT2D eigenvalue weighted by Crippen LogP contribution is -2.51. The van der Waals surface area contributed by atoms with Crippen molar-refractivity contribution >= 4 is 46.7 Å². The van der Waals surface area contributed by atoms with Crippen molar-refractivity contribution in [3.63, 3.8) is 0 Å². The molecule has 30 heavy (non-hydrogen) atoms. The van der Waals surface area contributed by atoms with Gasteiger partial charge in [-0.3, -0.25) is 20.4 Å². The first-order valence-electron chi connectivity index (χ1n) is 9.14. The number of para-hydroxylation sites is 1. The number of halogens is 2. The number of nitrogens with one attached hydrogen (secondary N) is 4. The predicted octanol–water partition coefficient (Wildman–Crippen LogP) is 3.51. The number of carbonyl (C=O) groups is 3. The maximum Gasteiger partial charge on any atom is 0.319 e. The normalized spacial score (nSPS) is 11.2.